The Hall–Kier alpha value is -2.39. The highest BCUT2D eigenvalue weighted by molar-refractivity contribution is 6.37. The van der Waals surface area contributed by atoms with Crippen molar-refractivity contribution in [2.45, 2.75) is 19.4 Å². The lowest BCUT2D eigenvalue weighted by molar-refractivity contribution is -0.119. The van der Waals surface area contributed by atoms with Crippen molar-refractivity contribution in [2.24, 2.45) is 0 Å². The predicted octanol–water partition coefficient (Wildman–Crippen LogP) is 0.914. The van der Waals surface area contributed by atoms with Gasteiger partial charge in [-0.2, -0.15) is 4.68 Å². The second-order valence-electron chi connectivity index (χ2n) is 5.57. The molecule has 1 aromatic carbocycles. The maximum atomic E-state index is 12.5. The monoisotopic (exact) mass is 384 g/mol. The van der Waals surface area contributed by atoms with Crippen molar-refractivity contribution in [1.29, 1.82) is 0 Å². The minimum absolute atomic E-state index is 0.148. The quantitative estimate of drug-likeness (QED) is 0.775. The van der Waals surface area contributed by atoms with Gasteiger partial charge in [-0.1, -0.05) is 29.3 Å². The lowest BCUT2D eigenvalue weighted by atomic mass is 10.3. The molecule has 0 aliphatic carbocycles. The molecule has 2 amide bonds. The number of nitrogens with zero attached hydrogens (tertiary/aromatic N) is 5. The Labute approximate surface area is 152 Å². The smallest absolute Gasteiger partial charge is 0.352 e. The Morgan fingerprint density at radius 2 is 1.92 bits per heavy atom. The molecule has 1 N–H and O–H groups in total. The van der Waals surface area contributed by atoms with E-state index in [0.29, 0.717) is 24.2 Å². The molecule has 25 heavy (non-hydrogen) atoms. The molecule has 1 aromatic heterocycles. The van der Waals surface area contributed by atoms with Gasteiger partial charge in [0.05, 0.1) is 10.0 Å². The lowest BCUT2D eigenvalue weighted by Crippen LogP contribution is -2.42. The van der Waals surface area contributed by atoms with Gasteiger partial charge in [0.1, 0.15) is 5.69 Å². The fraction of sp³-hybridized carbons (Fsp3) is 0.357. The van der Waals surface area contributed by atoms with E-state index in [4.69, 9.17) is 23.2 Å². The van der Waals surface area contributed by atoms with Crippen molar-refractivity contribution in [3.63, 3.8) is 0 Å². The number of para-hydroxylation sites is 1. The Balaban J connectivity index is 1.86. The summed E-state index contributed by atoms with van der Waals surface area (Å²) in [6, 6.07) is 3.96. The van der Waals surface area contributed by atoms with E-state index in [1.807, 2.05) is 0 Å². The molecule has 1 atom stereocenters. The average Bonchev–Trinajstić information content (AvgIpc) is 3.14. The predicted molar refractivity (Wildman–Crippen MR) is 90.2 cm³/mol. The van der Waals surface area contributed by atoms with Crippen LogP contribution in [-0.2, 0) is 4.79 Å². The minimum atomic E-state index is -0.775. The van der Waals surface area contributed by atoms with Crippen LogP contribution in [0.1, 0.15) is 13.3 Å². The summed E-state index contributed by atoms with van der Waals surface area (Å²) in [7, 11) is 0. The molecular weight excluding hydrogens is 371 g/mol. The van der Waals surface area contributed by atoms with Crippen LogP contribution >= 0.6 is 23.2 Å². The third kappa shape index (κ3) is 3.38. The Bertz CT molecular complexity index is 873. The van der Waals surface area contributed by atoms with E-state index in [0.717, 1.165) is 4.68 Å². The number of rotatable bonds is 2. The van der Waals surface area contributed by atoms with Gasteiger partial charge < -0.3 is 10.2 Å². The number of benzene rings is 1. The van der Waals surface area contributed by atoms with E-state index in [2.05, 4.69) is 15.7 Å². The second-order valence-corrected chi connectivity index (χ2v) is 6.38. The van der Waals surface area contributed by atoms with Crippen LogP contribution in [0.3, 0.4) is 0 Å². The lowest BCUT2D eigenvalue weighted by Gasteiger charge is -2.15. The first-order valence-electron chi connectivity index (χ1n) is 7.44. The van der Waals surface area contributed by atoms with Gasteiger partial charge in [0.25, 0.3) is 0 Å². The number of tetrazole rings is 1. The molecule has 9 nitrogen and oxygen atoms in total. The molecule has 11 heteroatoms. The van der Waals surface area contributed by atoms with Crippen molar-refractivity contribution in [3.8, 4) is 5.69 Å². The molecule has 3 rings (SSSR count). The van der Waals surface area contributed by atoms with Gasteiger partial charge in [-0.25, -0.2) is 9.59 Å². The standard InChI is InChI=1S/C14H14Cl2N6O3/c1-8(23)17-9-5-6-20(7-9)13(24)22-14(25)21(18-19-22)12-10(15)3-2-4-11(12)16/h2-4,9H,5-7H2,1H3,(H,17,23)/t9-/m0/s1. The number of nitrogens with one attached hydrogen (secondary N) is 1. The van der Waals surface area contributed by atoms with Crippen LogP contribution in [0, 0.1) is 0 Å². The van der Waals surface area contributed by atoms with E-state index in [1.165, 1.54) is 11.8 Å². The van der Waals surface area contributed by atoms with Gasteiger partial charge in [-0.05, 0) is 29.0 Å². The highest BCUT2D eigenvalue weighted by atomic mass is 35.5. The van der Waals surface area contributed by atoms with Crippen molar-refractivity contribution in [3.05, 3.63) is 38.7 Å². The first kappa shape index (κ1) is 17.4. The van der Waals surface area contributed by atoms with Gasteiger partial charge in [-0.3, -0.25) is 4.79 Å². The molecule has 1 aliphatic rings. The van der Waals surface area contributed by atoms with Gasteiger partial charge in [-0.15, -0.1) is 4.68 Å². The van der Waals surface area contributed by atoms with Gasteiger partial charge in [0.2, 0.25) is 5.91 Å². The van der Waals surface area contributed by atoms with Crippen LogP contribution < -0.4 is 11.0 Å². The van der Waals surface area contributed by atoms with Crippen molar-refractivity contribution < 1.29 is 9.59 Å². The molecule has 1 aliphatic heterocycles. The fourth-order valence-corrected chi connectivity index (χ4v) is 3.23. The van der Waals surface area contributed by atoms with Gasteiger partial charge in [0.15, 0.2) is 0 Å². The zero-order valence-electron chi connectivity index (χ0n) is 13.1. The summed E-state index contributed by atoms with van der Waals surface area (Å²) in [5.74, 6) is -0.171. The summed E-state index contributed by atoms with van der Waals surface area (Å²) in [6.45, 7) is 2.11. The largest absolute Gasteiger partial charge is 0.377 e. The van der Waals surface area contributed by atoms with Crippen LogP contribution in [0.15, 0.2) is 23.0 Å². The summed E-state index contributed by atoms with van der Waals surface area (Å²) >= 11 is 12.1. The summed E-state index contributed by atoms with van der Waals surface area (Å²) in [6.07, 6.45) is 0.602. The molecule has 132 valence electrons. The van der Waals surface area contributed by atoms with Crippen LogP contribution in [-0.4, -0.2) is 55.8 Å². The SMILES string of the molecule is CC(=O)N[C@H]1CCN(C(=O)n2nnn(-c3c(Cl)cccc3Cl)c2=O)C1. The first-order chi connectivity index (χ1) is 11.9. The topological polar surface area (TPSA) is 102 Å². The minimum Gasteiger partial charge on any atom is -0.352 e. The third-order valence-corrected chi connectivity index (χ3v) is 4.39. The average molecular weight is 385 g/mol. The van der Waals surface area contributed by atoms with E-state index in [-0.39, 0.29) is 27.7 Å². The molecule has 0 saturated carbocycles. The zero-order valence-corrected chi connectivity index (χ0v) is 14.7. The Morgan fingerprint density at radius 1 is 1.24 bits per heavy atom. The van der Waals surface area contributed by atoms with E-state index in [1.54, 1.807) is 18.2 Å². The maximum absolute atomic E-state index is 12.5. The van der Waals surface area contributed by atoms with Crippen molar-refractivity contribution >= 4 is 35.1 Å². The number of aromatic nitrogens is 4. The van der Waals surface area contributed by atoms with Crippen molar-refractivity contribution in [1.82, 2.24) is 30.0 Å². The number of carbonyl (C=O) groups is 2. The molecule has 1 saturated heterocycles. The summed E-state index contributed by atoms with van der Waals surface area (Å²) in [4.78, 5) is 37.5. The van der Waals surface area contributed by atoms with E-state index in [9.17, 15) is 14.4 Å². The molecule has 0 unspecified atom stereocenters. The molecule has 2 aromatic rings. The number of hydrogen-bond acceptors (Lipinski definition) is 5. The summed E-state index contributed by atoms with van der Waals surface area (Å²) in [5.41, 5.74) is -0.615. The van der Waals surface area contributed by atoms with Gasteiger partial charge in [0, 0.05) is 26.1 Å². The van der Waals surface area contributed by atoms with Crippen molar-refractivity contribution in [2.75, 3.05) is 13.1 Å². The van der Waals surface area contributed by atoms with Crippen LogP contribution in [0.5, 0.6) is 0 Å². The fourth-order valence-electron chi connectivity index (χ4n) is 2.67. The molecule has 1 fully saturated rings. The highest BCUT2D eigenvalue weighted by Gasteiger charge is 2.30. The van der Waals surface area contributed by atoms with Crippen LogP contribution in [0.4, 0.5) is 4.79 Å². The number of halogens is 2. The molecule has 0 spiro atoms. The molecule has 0 bridgehead atoms. The Kier molecular flexibility index (Phi) is 4.78. The molecular formula is C14H14Cl2N6O3. The van der Waals surface area contributed by atoms with Crippen LogP contribution in [0.2, 0.25) is 10.0 Å². The summed E-state index contributed by atoms with van der Waals surface area (Å²) in [5, 5.41) is 10.5. The van der Waals surface area contributed by atoms with E-state index < -0.39 is 11.7 Å². The maximum Gasteiger partial charge on any atom is 0.377 e. The zero-order chi connectivity index (χ0) is 18.1. The molecule has 2 heterocycles. The van der Waals surface area contributed by atoms with Gasteiger partial charge >= 0.3 is 11.7 Å². The first-order valence-corrected chi connectivity index (χ1v) is 8.20. The Morgan fingerprint density at radius 3 is 2.56 bits per heavy atom. The number of hydrogen-bond donors (Lipinski definition) is 1. The normalized spacial score (nSPS) is 16.9. The van der Waals surface area contributed by atoms with E-state index >= 15 is 0 Å². The highest BCUT2D eigenvalue weighted by Crippen LogP contribution is 2.26. The molecule has 0 radical (unpaired) electrons. The number of amides is 2. The number of carbonyl (C=O) groups excluding carboxylic acids is 2. The second kappa shape index (κ2) is 6.85. The number of likely N-dealkylation sites (tertiary alicyclic amines) is 1. The third-order valence-electron chi connectivity index (χ3n) is 3.78. The van der Waals surface area contributed by atoms with Crippen LogP contribution in [0.25, 0.3) is 5.69 Å². The summed E-state index contributed by atoms with van der Waals surface area (Å²) < 4.78 is 1.53.